The molecule has 2 radical (unpaired) electrons. The minimum Gasteiger partial charge on any atom is -0.205 e. The van der Waals surface area contributed by atoms with Gasteiger partial charge in [0.1, 0.15) is 13.7 Å². The van der Waals surface area contributed by atoms with Crippen LogP contribution in [0.5, 0.6) is 0 Å². The van der Waals surface area contributed by atoms with E-state index >= 15 is 0 Å². The van der Waals surface area contributed by atoms with Gasteiger partial charge in [0.15, 0.2) is 5.83 Å². The smallest absolute Gasteiger partial charge is 0.157 e. The van der Waals surface area contributed by atoms with E-state index in [1.807, 2.05) is 0 Å². The first-order valence-corrected chi connectivity index (χ1v) is 6.61. The summed E-state index contributed by atoms with van der Waals surface area (Å²) in [7, 11) is 5.09. The first-order chi connectivity index (χ1) is 6.02. The Bertz CT molecular complexity index is 269. The van der Waals surface area contributed by atoms with Crippen molar-refractivity contribution in [3.63, 3.8) is 0 Å². The molecule has 0 aromatic carbocycles. The summed E-state index contributed by atoms with van der Waals surface area (Å²) in [6.07, 6.45) is 1.71. The second-order valence-electron chi connectivity index (χ2n) is 3.49. The number of rotatable bonds is 2. The van der Waals surface area contributed by atoms with Gasteiger partial charge in [-0.15, -0.1) is 7.92 Å². The molecular formula is C9H12BF2P. The van der Waals surface area contributed by atoms with E-state index in [4.69, 9.17) is 7.85 Å². The van der Waals surface area contributed by atoms with E-state index < -0.39 is 11.7 Å². The average molecular weight is 200 g/mol. The molecule has 0 nitrogen and oxygen atoms in total. The highest BCUT2D eigenvalue weighted by Crippen LogP contribution is 2.37. The van der Waals surface area contributed by atoms with Crippen LogP contribution in [0.25, 0.3) is 0 Å². The van der Waals surface area contributed by atoms with E-state index in [0.717, 1.165) is 0 Å². The molecule has 0 atom stereocenters. The fourth-order valence-electron chi connectivity index (χ4n) is 1.33. The highest BCUT2D eigenvalue weighted by molar-refractivity contribution is 7.56. The maximum atomic E-state index is 13.2. The van der Waals surface area contributed by atoms with Crippen LogP contribution in [0.1, 0.15) is 12.8 Å². The van der Waals surface area contributed by atoms with Crippen molar-refractivity contribution in [1.29, 1.82) is 0 Å². The fourth-order valence-corrected chi connectivity index (χ4v) is 2.39. The molecule has 0 spiro atoms. The molecule has 1 rings (SSSR count). The highest BCUT2D eigenvalue weighted by Gasteiger charge is 2.19. The number of halogens is 2. The van der Waals surface area contributed by atoms with Crippen LogP contribution < -0.4 is 0 Å². The molecule has 0 saturated heterocycles. The van der Waals surface area contributed by atoms with Crippen molar-refractivity contribution in [3.8, 4) is 0 Å². The Morgan fingerprint density at radius 1 is 1.23 bits per heavy atom. The average Bonchev–Trinajstić information content (AvgIpc) is 2.06. The molecule has 0 amide bonds. The minimum absolute atomic E-state index is 0.0535. The van der Waals surface area contributed by atoms with Gasteiger partial charge in [-0.1, -0.05) is 5.47 Å². The summed E-state index contributed by atoms with van der Waals surface area (Å²) in [5.41, 5.74) is 0.653. The van der Waals surface area contributed by atoms with Gasteiger partial charge < -0.3 is 0 Å². The molecule has 0 aromatic rings. The summed E-state index contributed by atoms with van der Waals surface area (Å²) in [6, 6.07) is 0. The Hall–Kier alpha value is -0.165. The van der Waals surface area contributed by atoms with Crippen LogP contribution in [0.15, 0.2) is 22.7 Å². The topological polar surface area (TPSA) is 0 Å². The van der Waals surface area contributed by atoms with Gasteiger partial charge in [0.2, 0.25) is 0 Å². The van der Waals surface area contributed by atoms with Crippen molar-refractivity contribution in [2.75, 3.05) is 19.5 Å². The van der Waals surface area contributed by atoms with Crippen LogP contribution in [0.3, 0.4) is 0 Å². The molecule has 0 unspecified atom stereocenters. The van der Waals surface area contributed by atoms with Gasteiger partial charge in [0.05, 0.1) is 0 Å². The van der Waals surface area contributed by atoms with Gasteiger partial charge in [0.25, 0.3) is 0 Å². The minimum atomic E-state index is -0.835. The first kappa shape index (κ1) is 10.9. The second-order valence-corrected chi connectivity index (χ2v) is 5.97. The van der Waals surface area contributed by atoms with Crippen molar-refractivity contribution >= 4 is 15.8 Å². The summed E-state index contributed by atoms with van der Waals surface area (Å²) >= 11 is 0. The van der Waals surface area contributed by atoms with Gasteiger partial charge >= 0.3 is 0 Å². The third-order valence-corrected chi connectivity index (χ3v) is 3.00. The van der Waals surface area contributed by atoms with E-state index in [2.05, 4.69) is 13.3 Å². The van der Waals surface area contributed by atoms with Crippen molar-refractivity contribution in [2.24, 2.45) is 0 Å². The Morgan fingerprint density at radius 3 is 2.38 bits per heavy atom. The van der Waals surface area contributed by atoms with Crippen LogP contribution in [-0.2, 0) is 0 Å². The summed E-state index contributed by atoms with van der Waals surface area (Å²) in [5, 5.41) is 0. The first-order valence-electron chi connectivity index (χ1n) is 4.19. The standard InChI is InChI=1S/C9H12BF2P/c1-13(2)5-6-3-4-7(10)9(12)8(6)11/h3-5H2,1-2H3. The van der Waals surface area contributed by atoms with Crippen LogP contribution in [0.4, 0.5) is 8.78 Å². The lowest BCUT2D eigenvalue weighted by molar-refractivity contribution is 0.517. The van der Waals surface area contributed by atoms with Crippen LogP contribution in [0, 0.1) is 0 Å². The molecule has 0 saturated carbocycles. The lowest BCUT2D eigenvalue weighted by atomic mass is 9.85. The summed E-state index contributed by atoms with van der Waals surface area (Å²) < 4.78 is 26.2. The lowest BCUT2D eigenvalue weighted by Crippen LogP contribution is -2.03. The largest absolute Gasteiger partial charge is 0.205 e. The molecule has 70 valence electrons. The molecule has 1 aliphatic carbocycles. The van der Waals surface area contributed by atoms with Gasteiger partial charge in [0, 0.05) is 0 Å². The highest BCUT2D eigenvalue weighted by atomic mass is 31.1. The van der Waals surface area contributed by atoms with E-state index in [0.29, 0.717) is 24.6 Å². The predicted octanol–water partition coefficient (Wildman–Crippen LogP) is 3.09. The van der Waals surface area contributed by atoms with Crippen molar-refractivity contribution < 1.29 is 8.78 Å². The van der Waals surface area contributed by atoms with Crippen LogP contribution in [-0.4, -0.2) is 27.3 Å². The molecule has 1 aliphatic rings. The summed E-state index contributed by atoms with van der Waals surface area (Å²) in [6.45, 7) is 4.10. The van der Waals surface area contributed by atoms with Crippen molar-refractivity contribution in [3.05, 3.63) is 22.7 Å². The van der Waals surface area contributed by atoms with Gasteiger partial charge in [-0.2, -0.15) is 0 Å². The molecule has 0 bridgehead atoms. The molecular weight excluding hydrogens is 188 g/mol. The zero-order valence-corrected chi connectivity index (χ0v) is 8.80. The lowest BCUT2D eigenvalue weighted by Gasteiger charge is -2.17. The van der Waals surface area contributed by atoms with E-state index in [-0.39, 0.29) is 13.4 Å². The number of hydrogen-bond acceptors (Lipinski definition) is 0. The normalized spacial score (nSPS) is 18.8. The zero-order valence-electron chi connectivity index (χ0n) is 7.90. The third kappa shape index (κ3) is 2.64. The SMILES string of the molecule is [B]C1=C(F)C(F)=C(CP(C)C)CC1. The van der Waals surface area contributed by atoms with Crippen LogP contribution in [0.2, 0.25) is 0 Å². The van der Waals surface area contributed by atoms with E-state index in [1.54, 1.807) is 0 Å². The van der Waals surface area contributed by atoms with Gasteiger partial charge in [-0.25, -0.2) is 8.78 Å². The Labute approximate surface area is 80.3 Å². The molecule has 0 heterocycles. The summed E-state index contributed by atoms with van der Waals surface area (Å²) in [5.74, 6) is -1.54. The summed E-state index contributed by atoms with van der Waals surface area (Å²) in [4.78, 5) is 0. The molecule has 13 heavy (non-hydrogen) atoms. The predicted molar refractivity (Wildman–Crippen MR) is 54.9 cm³/mol. The van der Waals surface area contributed by atoms with Crippen molar-refractivity contribution in [1.82, 2.24) is 0 Å². The van der Waals surface area contributed by atoms with Crippen molar-refractivity contribution in [2.45, 2.75) is 12.8 Å². The molecule has 0 fully saturated rings. The Morgan fingerprint density at radius 2 is 1.85 bits per heavy atom. The van der Waals surface area contributed by atoms with E-state index in [9.17, 15) is 8.78 Å². The van der Waals surface area contributed by atoms with Gasteiger partial charge in [-0.05, 0) is 37.9 Å². The van der Waals surface area contributed by atoms with E-state index in [1.165, 1.54) is 0 Å². The zero-order chi connectivity index (χ0) is 10.0. The van der Waals surface area contributed by atoms with Crippen LogP contribution >= 0.6 is 7.92 Å². The molecule has 4 heteroatoms. The molecule has 0 aromatic heterocycles. The maximum absolute atomic E-state index is 13.2. The number of hydrogen-bond donors (Lipinski definition) is 0. The number of allylic oxidation sites excluding steroid dienone is 4. The Kier molecular flexibility index (Phi) is 3.67. The third-order valence-electron chi connectivity index (χ3n) is 1.99. The molecule has 0 N–H and O–H groups in total. The second kappa shape index (κ2) is 4.37. The van der Waals surface area contributed by atoms with Gasteiger partial charge in [-0.3, -0.25) is 0 Å². The maximum Gasteiger partial charge on any atom is 0.157 e. The monoisotopic (exact) mass is 200 g/mol. The fraction of sp³-hybridized carbons (Fsp3) is 0.556. The quantitative estimate of drug-likeness (QED) is 0.474. The Balaban J connectivity index is 2.85. The molecule has 0 aliphatic heterocycles.